The Morgan fingerprint density at radius 2 is 1.90 bits per heavy atom. The molecule has 3 aromatic rings. The van der Waals surface area contributed by atoms with Crippen LogP contribution < -0.4 is 5.32 Å². The lowest BCUT2D eigenvalue weighted by molar-refractivity contribution is 0.475. The molecule has 106 valence electrons. The van der Waals surface area contributed by atoms with Crippen LogP contribution in [0.2, 0.25) is 5.02 Å². The highest BCUT2D eigenvalue weighted by Crippen LogP contribution is 2.29. The Morgan fingerprint density at radius 3 is 2.62 bits per heavy atom. The van der Waals surface area contributed by atoms with Crippen LogP contribution in [0.15, 0.2) is 47.8 Å². The number of phenols is 1. The zero-order valence-electron chi connectivity index (χ0n) is 11.3. The van der Waals surface area contributed by atoms with Crippen molar-refractivity contribution in [2.45, 2.75) is 6.92 Å². The Labute approximate surface area is 131 Å². The minimum absolute atomic E-state index is 0.252. The Bertz CT molecular complexity index is 768. The van der Waals surface area contributed by atoms with Crippen LogP contribution >= 0.6 is 22.9 Å². The third-order valence-electron chi connectivity index (χ3n) is 3.09. The van der Waals surface area contributed by atoms with Crippen LogP contribution in [0.25, 0.3) is 11.3 Å². The monoisotopic (exact) mass is 316 g/mol. The van der Waals surface area contributed by atoms with E-state index in [1.54, 1.807) is 12.1 Å². The maximum absolute atomic E-state index is 9.31. The van der Waals surface area contributed by atoms with Crippen molar-refractivity contribution in [3.63, 3.8) is 0 Å². The summed E-state index contributed by atoms with van der Waals surface area (Å²) in [5, 5.41) is 16.1. The maximum atomic E-state index is 9.31. The van der Waals surface area contributed by atoms with Crippen molar-refractivity contribution >= 4 is 33.8 Å². The zero-order valence-corrected chi connectivity index (χ0v) is 12.9. The van der Waals surface area contributed by atoms with Crippen LogP contribution in [0.3, 0.4) is 0 Å². The van der Waals surface area contributed by atoms with E-state index in [1.807, 2.05) is 42.6 Å². The lowest BCUT2D eigenvalue weighted by atomic mass is 10.2. The van der Waals surface area contributed by atoms with E-state index in [-0.39, 0.29) is 5.75 Å². The largest absolute Gasteiger partial charge is 0.508 e. The molecule has 0 radical (unpaired) electrons. The quantitative estimate of drug-likeness (QED) is 0.696. The number of hydrogen-bond acceptors (Lipinski definition) is 4. The molecule has 0 bridgehead atoms. The summed E-state index contributed by atoms with van der Waals surface area (Å²) in [6.07, 6.45) is 0. The minimum atomic E-state index is 0.252. The van der Waals surface area contributed by atoms with E-state index < -0.39 is 0 Å². The molecule has 0 amide bonds. The Morgan fingerprint density at radius 1 is 1.14 bits per heavy atom. The number of aryl methyl sites for hydroxylation is 1. The molecule has 0 fully saturated rings. The smallest absolute Gasteiger partial charge is 0.187 e. The van der Waals surface area contributed by atoms with Crippen molar-refractivity contribution in [1.29, 1.82) is 0 Å². The maximum Gasteiger partial charge on any atom is 0.187 e. The number of aromatic nitrogens is 1. The van der Waals surface area contributed by atoms with Gasteiger partial charge in [-0.3, -0.25) is 0 Å². The van der Waals surface area contributed by atoms with E-state index >= 15 is 0 Å². The standard InChI is InChI=1S/C16H13ClN2OS/c1-10-2-5-12(8-14(10)17)18-16-19-15(9-21-16)11-3-6-13(20)7-4-11/h2-9,20H,1H3,(H,18,19). The molecular weight excluding hydrogens is 304 g/mol. The molecule has 2 N–H and O–H groups in total. The van der Waals surface area contributed by atoms with Crippen molar-refractivity contribution in [2.24, 2.45) is 0 Å². The number of nitrogens with zero attached hydrogens (tertiary/aromatic N) is 1. The minimum Gasteiger partial charge on any atom is -0.508 e. The van der Waals surface area contributed by atoms with Crippen LogP contribution in [0, 0.1) is 6.92 Å². The van der Waals surface area contributed by atoms with E-state index in [0.29, 0.717) is 0 Å². The Balaban J connectivity index is 1.81. The zero-order chi connectivity index (χ0) is 14.8. The summed E-state index contributed by atoms with van der Waals surface area (Å²) in [5.41, 5.74) is 3.81. The lowest BCUT2D eigenvalue weighted by Gasteiger charge is -2.04. The van der Waals surface area contributed by atoms with E-state index in [2.05, 4.69) is 10.3 Å². The highest BCUT2D eigenvalue weighted by molar-refractivity contribution is 7.14. The van der Waals surface area contributed by atoms with Crippen LogP contribution in [0.4, 0.5) is 10.8 Å². The molecule has 0 spiro atoms. The van der Waals surface area contributed by atoms with Gasteiger partial charge < -0.3 is 10.4 Å². The van der Waals surface area contributed by atoms with Crippen LogP contribution in [-0.4, -0.2) is 10.1 Å². The average molecular weight is 317 g/mol. The highest BCUT2D eigenvalue weighted by atomic mass is 35.5. The first kappa shape index (κ1) is 13.9. The molecule has 0 saturated heterocycles. The van der Waals surface area contributed by atoms with Crippen molar-refractivity contribution in [3.8, 4) is 17.0 Å². The first-order valence-electron chi connectivity index (χ1n) is 6.40. The molecule has 2 aromatic carbocycles. The Kier molecular flexibility index (Phi) is 3.82. The van der Waals surface area contributed by atoms with Crippen molar-refractivity contribution < 1.29 is 5.11 Å². The van der Waals surface area contributed by atoms with Gasteiger partial charge in [-0.2, -0.15) is 0 Å². The van der Waals surface area contributed by atoms with Gasteiger partial charge in [-0.05, 0) is 48.9 Å². The van der Waals surface area contributed by atoms with E-state index in [0.717, 1.165) is 32.7 Å². The second-order valence-corrected chi connectivity index (χ2v) is 5.94. The second-order valence-electron chi connectivity index (χ2n) is 4.67. The summed E-state index contributed by atoms with van der Waals surface area (Å²) in [6.45, 7) is 1.97. The van der Waals surface area contributed by atoms with Crippen LogP contribution in [-0.2, 0) is 0 Å². The number of nitrogens with one attached hydrogen (secondary N) is 1. The summed E-state index contributed by atoms with van der Waals surface area (Å²) in [5.74, 6) is 0.252. The van der Waals surface area contributed by atoms with Gasteiger partial charge in [0.05, 0.1) is 5.69 Å². The molecule has 5 heteroatoms. The van der Waals surface area contributed by atoms with Gasteiger partial charge in [0.25, 0.3) is 0 Å². The van der Waals surface area contributed by atoms with E-state index in [9.17, 15) is 5.11 Å². The van der Waals surface area contributed by atoms with Gasteiger partial charge in [0.1, 0.15) is 5.75 Å². The molecule has 3 rings (SSSR count). The molecule has 1 aromatic heterocycles. The van der Waals surface area contributed by atoms with Gasteiger partial charge in [-0.1, -0.05) is 17.7 Å². The fourth-order valence-electron chi connectivity index (χ4n) is 1.89. The van der Waals surface area contributed by atoms with E-state index in [4.69, 9.17) is 11.6 Å². The second kappa shape index (κ2) is 5.76. The number of rotatable bonds is 3. The molecule has 3 nitrogen and oxygen atoms in total. The molecule has 0 saturated carbocycles. The fourth-order valence-corrected chi connectivity index (χ4v) is 2.81. The van der Waals surface area contributed by atoms with Gasteiger partial charge in [0.2, 0.25) is 0 Å². The molecule has 0 aliphatic heterocycles. The molecular formula is C16H13ClN2OS. The summed E-state index contributed by atoms with van der Waals surface area (Å²) in [6, 6.07) is 12.8. The SMILES string of the molecule is Cc1ccc(Nc2nc(-c3ccc(O)cc3)cs2)cc1Cl. The van der Waals surface area contributed by atoms with Gasteiger partial charge in [0, 0.05) is 21.7 Å². The van der Waals surface area contributed by atoms with Crippen molar-refractivity contribution in [3.05, 3.63) is 58.4 Å². The Hall–Kier alpha value is -2.04. The number of phenolic OH excluding ortho intramolecular Hbond substituents is 1. The first-order chi connectivity index (χ1) is 10.1. The third-order valence-corrected chi connectivity index (χ3v) is 4.26. The highest BCUT2D eigenvalue weighted by Gasteiger charge is 2.06. The number of halogens is 1. The number of anilines is 2. The molecule has 1 heterocycles. The van der Waals surface area contributed by atoms with E-state index in [1.165, 1.54) is 11.3 Å². The summed E-state index contributed by atoms with van der Waals surface area (Å²) < 4.78 is 0. The number of benzene rings is 2. The molecule has 21 heavy (non-hydrogen) atoms. The first-order valence-corrected chi connectivity index (χ1v) is 7.66. The average Bonchev–Trinajstić information content (AvgIpc) is 2.92. The summed E-state index contributed by atoms with van der Waals surface area (Å²) >= 11 is 7.64. The summed E-state index contributed by atoms with van der Waals surface area (Å²) in [7, 11) is 0. The predicted molar refractivity (Wildman–Crippen MR) is 88.7 cm³/mol. The van der Waals surface area contributed by atoms with Gasteiger partial charge in [-0.15, -0.1) is 11.3 Å². The topological polar surface area (TPSA) is 45.2 Å². The molecule has 0 unspecified atom stereocenters. The molecule has 0 aliphatic carbocycles. The normalized spacial score (nSPS) is 10.6. The fraction of sp³-hybridized carbons (Fsp3) is 0.0625. The van der Waals surface area contributed by atoms with Gasteiger partial charge in [0.15, 0.2) is 5.13 Å². The molecule has 0 atom stereocenters. The van der Waals surface area contributed by atoms with Crippen molar-refractivity contribution in [2.75, 3.05) is 5.32 Å². The number of thiazole rings is 1. The van der Waals surface area contributed by atoms with Gasteiger partial charge >= 0.3 is 0 Å². The summed E-state index contributed by atoms with van der Waals surface area (Å²) in [4.78, 5) is 4.54. The predicted octanol–water partition coefficient (Wildman–Crippen LogP) is 5.22. The number of hydrogen-bond donors (Lipinski definition) is 2. The van der Waals surface area contributed by atoms with Gasteiger partial charge in [-0.25, -0.2) is 4.98 Å². The third kappa shape index (κ3) is 3.17. The number of aromatic hydroxyl groups is 1. The van der Waals surface area contributed by atoms with Crippen LogP contribution in [0.5, 0.6) is 5.75 Å². The molecule has 0 aliphatic rings. The lowest BCUT2D eigenvalue weighted by Crippen LogP contribution is -1.90. The van der Waals surface area contributed by atoms with Crippen LogP contribution in [0.1, 0.15) is 5.56 Å². The van der Waals surface area contributed by atoms with Crippen molar-refractivity contribution in [1.82, 2.24) is 4.98 Å².